The van der Waals surface area contributed by atoms with Crippen LogP contribution < -0.4 is 0 Å². The van der Waals surface area contributed by atoms with Gasteiger partial charge in [-0.05, 0) is 31.6 Å². The normalized spacial score (nSPS) is 24.7. The summed E-state index contributed by atoms with van der Waals surface area (Å²) in [4.78, 5) is 15.1. The highest BCUT2D eigenvalue weighted by atomic mass is 16.2. The van der Waals surface area contributed by atoms with Gasteiger partial charge in [0.1, 0.15) is 5.41 Å². The standard InChI is InChI=1S/C15H21N5O/c1-2-6-12-7-5-10-20(11-12)14(21)15(8-3-4-9-15)13-16-18-19-17-13/h1,12H,3-11H2,(H,16,17,18,19). The van der Waals surface area contributed by atoms with E-state index in [1.807, 2.05) is 4.90 Å². The molecule has 112 valence electrons. The van der Waals surface area contributed by atoms with Crippen molar-refractivity contribution in [3.05, 3.63) is 5.82 Å². The molecule has 1 saturated heterocycles. The zero-order valence-corrected chi connectivity index (χ0v) is 12.2. The molecule has 21 heavy (non-hydrogen) atoms. The Morgan fingerprint density at radius 2 is 2.24 bits per heavy atom. The van der Waals surface area contributed by atoms with Crippen molar-refractivity contribution < 1.29 is 4.79 Å². The van der Waals surface area contributed by atoms with Gasteiger partial charge in [0.15, 0.2) is 5.82 Å². The molecular formula is C15H21N5O. The van der Waals surface area contributed by atoms with E-state index in [0.29, 0.717) is 11.7 Å². The van der Waals surface area contributed by atoms with Gasteiger partial charge in [0, 0.05) is 19.5 Å². The Balaban J connectivity index is 1.80. The predicted octanol–water partition coefficient (Wildman–Crippen LogP) is 1.27. The van der Waals surface area contributed by atoms with Gasteiger partial charge < -0.3 is 4.90 Å². The van der Waals surface area contributed by atoms with Crippen molar-refractivity contribution in [3.63, 3.8) is 0 Å². The number of piperidine rings is 1. The molecule has 2 aliphatic rings. The summed E-state index contributed by atoms with van der Waals surface area (Å²) in [5, 5.41) is 14.4. The fourth-order valence-corrected chi connectivity index (χ4v) is 3.76. The SMILES string of the molecule is C#CCC1CCCN(C(=O)C2(c3nn[nH]n3)CCCC2)C1. The number of carbonyl (C=O) groups excluding carboxylic acids is 1. The maximum Gasteiger partial charge on any atom is 0.236 e. The van der Waals surface area contributed by atoms with Crippen LogP contribution in [-0.2, 0) is 10.2 Å². The van der Waals surface area contributed by atoms with Crippen molar-refractivity contribution in [1.29, 1.82) is 0 Å². The molecule has 2 heterocycles. The molecule has 0 spiro atoms. The Bertz CT molecular complexity index is 527. The lowest BCUT2D eigenvalue weighted by Gasteiger charge is -2.37. The Morgan fingerprint density at radius 1 is 1.43 bits per heavy atom. The minimum Gasteiger partial charge on any atom is -0.342 e. The number of nitrogens with zero attached hydrogens (tertiary/aromatic N) is 4. The number of tetrazole rings is 1. The fraction of sp³-hybridized carbons (Fsp3) is 0.733. The summed E-state index contributed by atoms with van der Waals surface area (Å²) in [6.45, 7) is 1.59. The van der Waals surface area contributed by atoms with E-state index in [2.05, 4.69) is 26.5 Å². The van der Waals surface area contributed by atoms with Gasteiger partial charge in [-0.2, -0.15) is 5.21 Å². The number of hydrogen-bond donors (Lipinski definition) is 1. The highest BCUT2D eigenvalue weighted by Crippen LogP contribution is 2.41. The number of terminal acetylenes is 1. The molecule has 0 radical (unpaired) electrons. The molecular weight excluding hydrogens is 266 g/mol. The molecule has 1 aliphatic heterocycles. The van der Waals surface area contributed by atoms with Crippen molar-refractivity contribution in [2.75, 3.05) is 13.1 Å². The monoisotopic (exact) mass is 287 g/mol. The van der Waals surface area contributed by atoms with Crippen LogP contribution in [0.2, 0.25) is 0 Å². The largest absolute Gasteiger partial charge is 0.342 e. The molecule has 6 nitrogen and oxygen atoms in total. The molecule has 1 unspecified atom stereocenters. The predicted molar refractivity (Wildman–Crippen MR) is 77.1 cm³/mol. The van der Waals surface area contributed by atoms with E-state index in [1.165, 1.54) is 0 Å². The van der Waals surface area contributed by atoms with Crippen molar-refractivity contribution in [2.45, 2.75) is 50.4 Å². The number of carbonyl (C=O) groups is 1. The Labute approximate surface area is 124 Å². The highest BCUT2D eigenvalue weighted by molar-refractivity contribution is 5.87. The van der Waals surface area contributed by atoms with E-state index >= 15 is 0 Å². The lowest BCUT2D eigenvalue weighted by molar-refractivity contribution is -0.139. The van der Waals surface area contributed by atoms with Crippen molar-refractivity contribution in [3.8, 4) is 12.3 Å². The lowest BCUT2D eigenvalue weighted by Crippen LogP contribution is -2.49. The number of nitrogens with one attached hydrogen (secondary N) is 1. The Hall–Kier alpha value is -1.90. The van der Waals surface area contributed by atoms with E-state index in [-0.39, 0.29) is 5.91 Å². The minimum atomic E-state index is -0.564. The van der Waals surface area contributed by atoms with Crippen LogP contribution >= 0.6 is 0 Å². The average molecular weight is 287 g/mol. The number of H-pyrrole nitrogens is 1. The van der Waals surface area contributed by atoms with E-state index in [9.17, 15) is 4.79 Å². The maximum absolute atomic E-state index is 13.1. The van der Waals surface area contributed by atoms with Gasteiger partial charge >= 0.3 is 0 Å². The summed E-state index contributed by atoms with van der Waals surface area (Å²) < 4.78 is 0. The molecule has 2 fully saturated rings. The first-order valence-corrected chi connectivity index (χ1v) is 7.73. The summed E-state index contributed by atoms with van der Waals surface area (Å²) in [6.07, 6.45) is 12.0. The minimum absolute atomic E-state index is 0.170. The molecule has 6 heteroatoms. The molecule has 1 aliphatic carbocycles. The smallest absolute Gasteiger partial charge is 0.236 e. The molecule has 1 atom stereocenters. The van der Waals surface area contributed by atoms with Gasteiger partial charge in [0.05, 0.1) is 0 Å². The third-order valence-electron chi connectivity index (χ3n) is 4.85. The zero-order valence-electron chi connectivity index (χ0n) is 12.2. The van der Waals surface area contributed by atoms with E-state index in [1.54, 1.807) is 0 Å². The first-order valence-electron chi connectivity index (χ1n) is 7.73. The highest BCUT2D eigenvalue weighted by Gasteiger charge is 2.48. The third-order valence-corrected chi connectivity index (χ3v) is 4.85. The van der Waals surface area contributed by atoms with Gasteiger partial charge in [0.25, 0.3) is 0 Å². The van der Waals surface area contributed by atoms with Gasteiger partial charge in [-0.15, -0.1) is 22.5 Å². The van der Waals surface area contributed by atoms with Crippen LogP contribution in [0.15, 0.2) is 0 Å². The van der Waals surface area contributed by atoms with Crippen molar-refractivity contribution >= 4 is 5.91 Å². The van der Waals surface area contributed by atoms with Crippen LogP contribution in [0, 0.1) is 18.3 Å². The van der Waals surface area contributed by atoms with E-state index in [4.69, 9.17) is 6.42 Å². The molecule has 1 amide bonds. The number of aromatic amines is 1. The number of aromatic nitrogens is 4. The molecule has 1 N–H and O–H groups in total. The first kappa shape index (κ1) is 14.1. The first-order chi connectivity index (χ1) is 10.3. The quantitative estimate of drug-likeness (QED) is 0.850. The molecule has 1 aromatic rings. The summed E-state index contributed by atoms with van der Waals surface area (Å²) in [5.41, 5.74) is -0.564. The second kappa shape index (κ2) is 5.84. The maximum atomic E-state index is 13.1. The van der Waals surface area contributed by atoms with E-state index in [0.717, 1.165) is 58.0 Å². The van der Waals surface area contributed by atoms with Crippen LogP contribution in [0.4, 0.5) is 0 Å². The lowest BCUT2D eigenvalue weighted by atomic mass is 9.82. The summed E-state index contributed by atoms with van der Waals surface area (Å²) in [7, 11) is 0. The van der Waals surface area contributed by atoms with Gasteiger partial charge in [-0.3, -0.25) is 4.79 Å². The van der Waals surface area contributed by atoms with Gasteiger partial charge in [-0.25, -0.2) is 0 Å². The molecule has 1 aromatic heterocycles. The van der Waals surface area contributed by atoms with Gasteiger partial charge in [0.2, 0.25) is 5.91 Å². The number of likely N-dealkylation sites (tertiary alicyclic amines) is 1. The number of rotatable bonds is 3. The summed E-state index contributed by atoms with van der Waals surface area (Å²) in [6, 6.07) is 0. The second-order valence-electron chi connectivity index (χ2n) is 6.19. The van der Waals surface area contributed by atoms with Crippen LogP contribution in [0.5, 0.6) is 0 Å². The van der Waals surface area contributed by atoms with Crippen LogP contribution in [-0.4, -0.2) is 44.5 Å². The van der Waals surface area contributed by atoms with Crippen LogP contribution in [0.3, 0.4) is 0 Å². The fourth-order valence-electron chi connectivity index (χ4n) is 3.76. The summed E-state index contributed by atoms with van der Waals surface area (Å²) in [5.74, 6) is 3.88. The molecule has 3 rings (SSSR count). The van der Waals surface area contributed by atoms with Gasteiger partial charge in [-0.1, -0.05) is 18.1 Å². The third kappa shape index (κ3) is 2.53. The molecule has 1 saturated carbocycles. The average Bonchev–Trinajstić information content (AvgIpc) is 3.19. The van der Waals surface area contributed by atoms with Crippen LogP contribution in [0.25, 0.3) is 0 Å². The topological polar surface area (TPSA) is 74.8 Å². The van der Waals surface area contributed by atoms with Crippen LogP contribution in [0.1, 0.15) is 50.8 Å². The van der Waals surface area contributed by atoms with Crippen molar-refractivity contribution in [1.82, 2.24) is 25.5 Å². The Kier molecular flexibility index (Phi) is 3.91. The van der Waals surface area contributed by atoms with E-state index < -0.39 is 5.41 Å². The molecule has 0 bridgehead atoms. The number of hydrogen-bond acceptors (Lipinski definition) is 4. The summed E-state index contributed by atoms with van der Waals surface area (Å²) >= 11 is 0. The number of amides is 1. The second-order valence-corrected chi connectivity index (χ2v) is 6.19. The Morgan fingerprint density at radius 3 is 2.90 bits per heavy atom. The molecule has 0 aromatic carbocycles. The zero-order chi connectivity index (χ0) is 14.7. The van der Waals surface area contributed by atoms with Crippen molar-refractivity contribution in [2.24, 2.45) is 5.92 Å².